The van der Waals surface area contributed by atoms with E-state index in [4.69, 9.17) is 10.8 Å². The van der Waals surface area contributed by atoms with Gasteiger partial charge in [0.15, 0.2) is 0 Å². The van der Waals surface area contributed by atoms with Crippen LogP contribution in [0, 0.1) is 5.92 Å². The first-order valence-electron chi connectivity index (χ1n) is 6.12. The van der Waals surface area contributed by atoms with Crippen LogP contribution in [0.25, 0.3) is 0 Å². The van der Waals surface area contributed by atoms with Crippen molar-refractivity contribution in [2.24, 2.45) is 11.7 Å². The average Bonchev–Trinajstić information content (AvgIpc) is 2.60. The topological polar surface area (TPSA) is 92.9 Å². The second kappa shape index (κ2) is 5.56. The summed E-state index contributed by atoms with van der Waals surface area (Å²) in [6.07, 6.45) is 1.18. The lowest BCUT2D eigenvalue weighted by Gasteiger charge is -2.28. The van der Waals surface area contributed by atoms with Crippen LogP contribution in [-0.2, 0) is 9.53 Å². The highest BCUT2D eigenvalue weighted by Crippen LogP contribution is 2.35. The molecule has 104 valence electrons. The molecule has 1 heterocycles. The summed E-state index contributed by atoms with van der Waals surface area (Å²) in [5.41, 5.74) is 5.32. The first kappa shape index (κ1) is 14.8. The summed E-state index contributed by atoms with van der Waals surface area (Å²) in [4.78, 5) is 23.7. The second-order valence-electron chi connectivity index (χ2n) is 5.48. The molecular formula is C12H22N2O4. The van der Waals surface area contributed by atoms with Gasteiger partial charge in [0.05, 0.1) is 7.11 Å². The van der Waals surface area contributed by atoms with Gasteiger partial charge >= 0.3 is 12.1 Å². The molecule has 0 aromatic rings. The van der Waals surface area contributed by atoms with Crippen molar-refractivity contribution in [2.45, 2.75) is 44.7 Å². The van der Waals surface area contributed by atoms with Crippen LogP contribution in [0.2, 0.25) is 0 Å². The van der Waals surface area contributed by atoms with Crippen molar-refractivity contribution in [3.05, 3.63) is 0 Å². The van der Waals surface area contributed by atoms with E-state index in [1.807, 2.05) is 13.8 Å². The Morgan fingerprint density at radius 1 is 1.56 bits per heavy atom. The number of carboxylic acid groups (broad SMARTS) is 1. The van der Waals surface area contributed by atoms with Crippen molar-refractivity contribution >= 4 is 12.1 Å². The van der Waals surface area contributed by atoms with E-state index in [-0.39, 0.29) is 11.5 Å². The standard InChI is InChI=1S/C12H22N2O4/c1-12(2)6-8(7-14(12)11(16)17)4-5-9(13)10(15)18-3/h8-9H,4-7,13H2,1-3H3,(H,16,17)/t8-,9?/m0/s1. The van der Waals surface area contributed by atoms with Gasteiger partial charge < -0.3 is 20.5 Å². The SMILES string of the molecule is COC(=O)C(N)CC[C@@H]1CN(C(=O)O)C(C)(C)C1. The van der Waals surface area contributed by atoms with Crippen molar-refractivity contribution in [2.75, 3.05) is 13.7 Å². The number of carbonyl (C=O) groups excluding carboxylic acids is 1. The summed E-state index contributed by atoms with van der Waals surface area (Å²) in [5.74, 6) is -0.158. The first-order valence-corrected chi connectivity index (χ1v) is 6.12. The fourth-order valence-corrected chi connectivity index (χ4v) is 2.60. The zero-order valence-corrected chi connectivity index (χ0v) is 11.2. The highest BCUT2D eigenvalue weighted by atomic mass is 16.5. The van der Waals surface area contributed by atoms with Gasteiger partial charge in [0.25, 0.3) is 0 Å². The van der Waals surface area contributed by atoms with E-state index in [0.29, 0.717) is 13.0 Å². The molecule has 1 saturated heterocycles. The molecule has 1 fully saturated rings. The number of methoxy groups -OCH3 is 1. The van der Waals surface area contributed by atoms with E-state index in [9.17, 15) is 9.59 Å². The second-order valence-corrected chi connectivity index (χ2v) is 5.48. The quantitative estimate of drug-likeness (QED) is 0.735. The molecule has 0 aromatic carbocycles. The molecule has 0 aliphatic carbocycles. The van der Waals surface area contributed by atoms with Crippen LogP contribution < -0.4 is 5.73 Å². The van der Waals surface area contributed by atoms with E-state index in [2.05, 4.69) is 4.74 Å². The third-order valence-electron chi connectivity index (χ3n) is 3.58. The zero-order chi connectivity index (χ0) is 13.9. The third-order valence-corrected chi connectivity index (χ3v) is 3.58. The van der Waals surface area contributed by atoms with E-state index in [1.165, 1.54) is 12.0 Å². The molecule has 18 heavy (non-hydrogen) atoms. The smallest absolute Gasteiger partial charge is 0.407 e. The number of hydrogen-bond acceptors (Lipinski definition) is 4. The molecular weight excluding hydrogens is 236 g/mol. The Hall–Kier alpha value is -1.30. The number of amides is 1. The van der Waals surface area contributed by atoms with Crippen molar-refractivity contribution < 1.29 is 19.4 Å². The van der Waals surface area contributed by atoms with E-state index < -0.39 is 18.1 Å². The largest absolute Gasteiger partial charge is 0.468 e. The molecule has 1 aliphatic heterocycles. The Labute approximate surface area is 107 Å². The van der Waals surface area contributed by atoms with Gasteiger partial charge in [-0.3, -0.25) is 4.79 Å². The summed E-state index contributed by atoms with van der Waals surface area (Å²) in [7, 11) is 1.31. The number of nitrogens with two attached hydrogens (primary N) is 1. The summed E-state index contributed by atoms with van der Waals surface area (Å²) < 4.78 is 4.56. The average molecular weight is 258 g/mol. The normalized spacial score (nSPS) is 23.8. The molecule has 0 aromatic heterocycles. The summed E-state index contributed by atoms with van der Waals surface area (Å²) in [5, 5.41) is 9.10. The monoisotopic (exact) mass is 258 g/mol. The number of esters is 1. The number of hydrogen-bond donors (Lipinski definition) is 2. The van der Waals surface area contributed by atoms with Crippen molar-refractivity contribution in [1.29, 1.82) is 0 Å². The van der Waals surface area contributed by atoms with E-state index in [0.717, 1.165) is 12.8 Å². The molecule has 3 N–H and O–H groups in total. The summed E-state index contributed by atoms with van der Waals surface area (Å²) in [6, 6.07) is -0.614. The molecule has 2 atom stereocenters. The predicted octanol–water partition coefficient (Wildman–Crippen LogP) is 1.05. The molecule has 0 spiro atoms. The lowest BCUT2D eigenvalue weighted by molar-refractivity contribution is -0.142. The van der Waals surface area contributed by atoms with Crippen LogP contribution in [-0.4, -0.2) is 47.3 Å². The molecule has 1 aliphatic rings. The maximum absolute atomic E-state index is 11.2. The third kappa shape index (κ3) is 3.35. The minimum absolute atomic E-state index is 0.256. The van der Waals surface area contributed by atoms with E-state index >= 15 is 0 Å². The molecule has 1 amide bonds. The fraction of sp³-hybridized carbons (Fsp3) is 0.833. The van der Waals surface area contributed by atoms with E-state index in [1.54, 1.807) is 0 Å². The van der Waals surface area contributed by atoms with Crippen molar-refractivity contribution in [3.8, 4) is 0 Å². The summed E-state index contributed by atoms with van der Waals surface area (Å²) in [6.45, 7) is 4.35. The maximum Gasteiger partial charge on any atom is 0.407 e. The highest BCUT2D eigenvalue weighted by Gasteiger charge is 2.41. The molecule has 6 nitrogen and oxygen atoms in total. The maximum atomic E-state index is 11.2. The number of likely N-dealkylation sites (tertiary alicyclic amines) is 1. The molecule has 6 heteroatoms. The van der Waals surface area contributed by atoms with Gasteiger partial charge in [0.2, 0.25) is 0 Å². The van der Waals surface area contributed by atoms with Gasteiger partial charge in [-0.2, -0.15) is 0 Å². The van der Waals surface area contributed by atoms with Gasteiger partial charge in [0.1, 0.15) is 6.04 Å². The van der Waals surface area contributed by atoms with Crippen LogP contribution in [0.5, 0.6) is 0 Å². The van der Waals surface area contributed by atoms with Crippen LogP contribution >= 0.6 is 0 Å². The van der Waals surface area contributed by atoms with Crippen LogP contribution in [0.4, 0.5) is 4.79 Å². The minimum atomic E-state index is -0.889. The molecule has 1 rings (SSSR count). The number of rotatable bonds is 4. The predicted molar refractivity (Wildman–Crippen MR) is 66.1 cm³/mol. The number of nitrogens with zero attached hydrogens (tertiary/aromatic N) is 1. The van der Waals surface area contributed by atoms with Gasteiger partial charge in [-0.1, -0.05) is 0 Å². The van der Waals surface area contributed by atoms with Crippen molar-refractivity contribution in [3.63, 3.8) is 0 Å². The lowest BCUT2D eigenvalue weighted by atomic mass is 9.92. The molecule has 0 bridgehead atoms. The van der Waals surface area contributed by atoms with Gasteiger partial charge in [0, 0.05) is 12.1 Å². The first-order chi connectivity index (χ1) is 8.27. The van der Waals surface area contributed by atoms with Gasteiger partial charge in [-0.05, 0) is 39.0 Å². The van der Waals surface area contributed by atoms with Crippen molar-refractivity contribution in [1.82, 2.24) is 4.90 Å². The Bertz CT molecular complexity index is 330. The zero-order valence-electron chi connectivity index (χ0n) is 11.2. The number of ether oxygens (including phenoxy) is 1. The van der Waals surface area contributed by atoms with Crippen LogP contribution in [0.3, 0.4) is 0 Å². The summed E-state index contributed by atoms with van der Waals surface area (Å²) >= 11 is 0. The Morgan fingerprint density at radius 2 is 2.17 bits per heavy atom. The van der Waals surface area contributed by atoms with Gasteiger partial charge in [-0.25, -0.2) is 4.79 Å². The Balaban J connectivity index is 2.47. The highest BCUT2D eigenvalue weighted by molar-refractivity contribution is 5.75. The fourth-order valence-electron chi connectivity index (χ4n) is 2.60. The van der Waals surface area contributed by atoms with Crippen LogP contribution in [0.15, 0.2) is 0 Å². The number of carbonyl (C=O) groups is 2. The van der Waals surface area contributed by atoms with Gasteiger partial charge in [-0.15, -0.1) is 0 Å². The van der Waals surface area contributed by atoms with Crippen LogP contribution in [0.1, 0.15) is 33.1 Å². The Kier molecular flexibility index (Phi) is 4.56. The minimum Gasteiger partial charge on any atom is -0.468 e. The lowest BCUT2D eigenvalue weighted by Crippen LogP contribution is -2.41. The molecule has 1 unspecified atom stereocenters. The molecule has 0 saturated carbocycles. The Morgan fingerprint density at radius 3 is 2.61 bits per heavy atom. The molecule has 0 radical (unpaired) electrons.